The molecule has 1 aliphatic rings. The molecule has 0 unspecified atom stereocenters. The minimum Gasteiger partial charge on any atom is -0.462 e. The molecule has 2 heterocycles. The molecule has 1 amide bonds. The summed E-state index contributed by atoms with van der Waals surface area (Å²) in [6.45, 7) is 5.88. The molecule has 1 atom stereocenters. The first-order chi connectivity index (χ1) is 12.5. The van der Waals surface area contributed by atoms with Gasteiger partial charge in [0.15, 0.2) is 0 Å². The Hall–Kier alpha value is -2.89. The lowest BCUT2D eigenvalue weighted by Crippen LogP contribution is -2.21. The first kappa shape index (κ1) is 17.9. The van der Waals surface area contributed by atoms with Crippen LogP contribution in [0.4, 0.5) is 5.69 Å². The molecule has 0 saturated carbocycles. The van der Waals surface area contributed by atoms with Crippen molar-refractivity contribution in [3.8, 4) is 0 Å². The van der Waals surface area contributed by atoms with Gasteiger partial charge in [-0.2, -0.15) is 0 Å². The molecule has 26 heavy (non-hydrogen) atoms. The van der Waals surface area contributed by atoms with E-state index in [9.17, 15) is 9.59 Å². The van der Waals surface area contributed by atoms with Crippen LogP contribution in [-0.2, 0) is 4.74 Å². The molecule has 0 aliphatic carbocycles. The molecule has 0 spiro atoms. The Bertz CT molecular complexity index is 835. The molecule has 1 aromatic heterocycles. The Labute approximate surface area is 153 Å². The lowest BCUT2D eigenvalue weighted by molar-refractivity contribution is 0.0526. The number of pyridine rings is 1. The summed E-state index contributed by atoms with van der Waals surface area (Å²) in [5.41, 5.74) is 9.56. The zero-order valence-corrected chi connectivity index (χ0v) is 15.1. The van der Waals surface area contributed by atoms with Gasteiger partial charge >= 0.3 is 5.97 Å². The third-order valence-electron chi connectivity index (χ3n) is 4.79. The molecule has 1 fully saturated rings. The van der Waals surface area contributed by atoms with Gasteiger partial charge in [0.1, 0.15) is 0 Å². The SMILES string of the molecule is CCOC(=O)c1ccc(C)c([C@@H]2CCN(c3cncc(C(N)=O)c3)C2)c1. The molecular formula is C20H23N3O3. The number of nitrogens with two attached hydrogens (primary N) is 1. The maximum atomic E-state index is 12.0. The molecule has 136 valence electrons. The predicted molar refractivity (Wildman–Crippen MR) is 99.5 cm³/mol. The van der Waals surface area contributed by atoms with Gasteiger partial charge in [0, 0.05) is 25.2 Å². The standard InChI is InChI=1S/C20H23N3O3/c1-3-26-20(25)14-5-4-13(2)18(9-14)15-6-7-23(12-15)17-8-16(19(21)24)10-22-11-17/h4-5,8-11,15H,3,6-7,12H2,1-2H3,(H2,21,24)/t15-/m1/s1. The molecule has 6 nitrogen and oxygen atoms in total. The normalized spacial score (nSPS) is 16.5. The highest BCUT2D eigenvalue weighted by Crippen LogP contribution is 2.33. The van der Waals surface area contributed by atoms with Crippen molar-refractivity contribution >= 4 is 17.6 Å². The quantitative estimate of drug-likeness (QED) is 0.835. The highest BCUT2D eigenvalue weighted by molar-refractivity contribution is 5.93. The van der Waals surface area contributed by atoms with Crippen LogP contribution in [0.3, 0.4) is 0 Å². The average molecular weight is 353 g/mol. The topological polar surface area (TPSA) is 85.5 Å². The third-order valence-corrected chi connectivity index (χ3v) is 4.79. The van der Waals surface area contributed by atoms with Crippen molar-refractivity contribution in [3.05, 3.63) is 58.9 Å². The number of hydrogen-bond donors (Lipinski definition) is 1. The Morgan fingerprint density at radius 2 is 2.08 bits per heavy atom. The molecule has 3 rings (SSSR count). The number of rotatable bonds is 5. The minimum atomic E-state index is -0.479. The molecule has 2 aromatic rings. The van der Waals surface area contributed by atoms with Crippen LogP contribution in [0.1, 0.15) is 51.1 Å². The van der Waals surface area contributed by atoms with E-state index >= 15 is 0 Å². The van der Waals surface area contributed by atoms with Gasteiger partial charge < -0.3 is 15.4 Å². The smallest absolute Gasteiger partial charge is 0.338 e. The first-order valence-corrected chi connectivity index (χ1v) is 8.77. The third kappa shape index (κ3) is 3.69. The van der Waals surface area contributed by atoms with Crippen molar-refractivity contribution in [2.24, 2.45) is 5.73 Å². The summed E-state index contributed by atoms with van der Waals surface area (Å²) < 4.78 is 5.11. The Morgan fingerprint density at radius 1 is 1.27 bits per heavy atom. The number of benzene rings is 1. The highest BCUT2D eigenvalue weighted by Gasteiger charge is 2.26. The highest BCUT2D eigenvalue weighted by atomic mass is 16.5. The molecule has 0 bridgehead atoms. The van der Waals surface area contributed by atoms with Gasteiger partial charge in [-0.15, -0.1) is 0 Å². The Kier molecular flexibility index (Phi) is 5.21. The van der Waals surface area contributed by atoms with E-state index in [1.54, 1.807) is 19.2 Å². The number of carbonyl (C=O) groups excluding carboxylic acids is 2. The summed E-state index contributed by atoms with van der Waals surface area (Å²) in [5.74, 6) is -0.461. The van der Waals surface area contributed by atoms with Gasteiger partial charge in [-0.25, -0.2) is 4.79 Å². The summed E-state index contributed by atoms with van der Waals surface area (Å²) >= 11 is 0. The van der Waals surface area contributed by atoms with Gasteiger partial charge in [-0.05, 0) is 49.6 Å². The number of ether oxygens (including phenoxy) is 1. The maximum Gasteiger partial charge on any atom is 0.338 e. The number of nitrogens with zero attached hydrogens (tertiary/aromatic N) is 2. The fourth-order valence-electron chi connectivity index (χ4n) is 3.41. The summed E-state index contributed by atoms with van der Waals surface area (Å²) in [6.07, 6.45) is 4.19. The van der Waals surface area contributed by atoms with Gasteiger partial charge in [0.25, 0.3) is 0 Å². The molecule has 2 N–H and O–H groups in total. The zero-order valence-electron chi connectivity index (χ0n) is 15.1. The second kappa shape index (κ2) is 7.56. The van der Waals surface area contributed by atoms with Gasteiger partial charge in [-0.1, -0.05) is 6.07 Å². The fourth-order valence-corrected chi connectivity index (χ4v) is 3.41. The second-order valence-electron chi connectivity index (χ2n) is 6.52. The van der Waals surface area contributed by atoms with E-state index in [0.29, 0.717) is 23.7 Å². The number of aromatic nitrogens is 1. The molecule has 1 aliphatic heterocycles. The number of esters is 1. The van der Waals surface area contributed by atoms with Crippen LogP contribution in [0.5, 0.6) is 0 Å². The van der Waals surface area contributed by atoms with Crippen molar-refractivity contribution in [3.63, 3.8) is 0 Å². The van der Waals surface area contributed by atoms with Crippen LogP contribution >= 0.6 is 0 Å². The summed E-state index contributed by atoms with van der Waals surface area (Å²) in [5, 5.41) is 0. The van der Waals surface area contributed by atoms with Crippen molar-refractivity contribution < 1.29 is 14.3 Å². The van der Waals surface area contributed by atoms with Crippen LogP contribution in [0.15, 0.2) is 36.7 Å². The van der Waals surface area contributed by atoms with Crippen LogP contribution in [0.2, 0.25) is 0 Å². The number of aryl methyl sites for hydroxylation is 1. The van der Waals surface area contributed by atoms with Crippen LogP contribution in [0, 0.1) is 6.92 Å². The number of carbonyl (C=O) groups is 2. The molecule has 0 radical (unpaired) electrons. The summed E-state index contributed by atoms with van der Waals surface area (Å²) in [4.78, 5) is 29.7. The van der Waals surface area contributed by atoms with Crippen molar-refractivity contribution in [1.29, 1.82) is 0 Å². The van der Waals surface area contributed by atoms with Crippen molar-refractivity contribution in [2.75, 3.05) is 24.6 Å². The van der Waals surface area contributed by atoms with E-state index in [1.807, 2.05) is 18.2 Å². The number of amides is 1. The van der Waals surface area contributed by atoms with Crippen LogP contribution in [-0.4, -0.2) is 36.6 Å². The Balaban J connectivity index is 1.80. The molecule has 6 heteroatoms. The van der Waals surface area contributed by atoms with E-state index in [4.69, 9.17) is 10.5 Å². The van der Waals surface area contributed by atoms with Gasteiger partial charge in [-0.3, -0.25) is 9.78 Å². The van der Waals surface area contributed by atoms with Gasteiger partial charge in [0.05, 0.1) is 29.6 Å². The monoisotopic (exact) mass is 353 g/mol. The lowest BCUT2D eigenvalue weighted by Gasteiger charge is -2.20. The number of anilines is 1. The van der Waals surface area contributed by atoms with Crippen molar-refractivity contribution in [2.45, 2.75) is 26.2 Å². The van der Waals surface area contributed by atoms with Crippen molar-refractivity contribution in [1.82, 2.24) is 4.98 Å². The molecule has 1 saturated heterocycles. The molecule has 1 aromatic carbocycles. The van der Waals surface area contributed by atoms with E-state index in [2.05, 4.69) is 16.8 Å². The van der Waals surface area contributed by atoms with E-state index in [-0.39, 0.29) is 5.97 Å². The van der Waals surface area contributed by atoms with Crippen LogP contribution < -0.4 is 10.6 Å². The second-order valence-corrected chi connectivity index (χ2v) is 6.52. The first-order valence-electron chi connectivity index (χ1n) is 8.77. The van der Waals surface area contributed by atoms with Gasteiger partial charge in [0.2, 0.25) is 5.91 Å². The minimum absolute atomic E-state index is 0.290. The molecular weight excluding hydrogens is 330 g/mol. The fraction of sp³-hybridized carbons (Fsp3) is 0.350. The maximum absolute atomic E-state index is 12.0. The number of hydrogen-bond acceptors (Lipinski definition) is 5. The van der Waals surface area contributed by atoms with E-state index in [1.165, 1.54) is 6.20 Å². The summed E-state index contributed by atoms with van der Waals surface area (Å²) in [7, 11) is 0. The zero-order chi connectivity index (χ0) is 18.7. The van der Waals surface area contributed by atoms with Crippen LogP contribution in [0.25, 0.3) is 0 Å². The lowest BCUT2D eigenvalue weighted by atomic mass is 9.92. The average Bonchev–Trinajstić information content (AvgIpc) is 3.12. The number of primary amides is 1. The largest absolute Gasteiger partial charge is 0.462 e. The summed E-state index contributed by atoms with van der Waals surface area (Å²) in [6, 6.07) is 7.50. The Morgan fingerprint density at radius 3 is 2.81 bits per heavy atom. The van der Waals surface area contributed by atoms with E-state index < -0.39 is 5.91 Å². The van der Waals surface area contributed by atoms with E-state index in [0.717, 1.165) is 36.3 Å². The predicted octanol–water partition coefficient (Wildman–Crippen LogP) is 2.66.